The van der Waals surface area contributed by atoms with Crippen LogP contribution in [0.5, 0.6) is 11.5 Å². The van der Waals surface area contributed by atoms with Gasteiger partial charge in [-0.2, -0.15) is 0 Å². The van der Waals surface area contributed by atoms with E-state index in [0.717, 1.165) is 0 Å². The van der Waals surface area contributed by atoms with Gasteiger partial charge in [-0.25, -0.2) is 4.79 Å². The minimum absolute atomic E-state index is 0.00241. The average Bonchev–Trinajstić information content (AvgIpc) is 2.75. The number of hydrogen-bond donors (Lipinski definition) is 2. The SMILES string of the molecule is CC(=O)NC(COc1ccc2c(c1)OCC2=O)C(=O)O. The zero-order valence-electron chi connectivity index (χ0n) is 10.7. The summed E-state index contributed by atoms with van der Waals surface area (Å²) in [6.07, 6.45) is 0. The Balaban J connectivity index is 2.01. The Morgan fingerprint density at radius 2 is 2.25 bits per heavy atom. The van der Waals surface area contributed by atoms with E-state index in [1.807, 2.05) is 0 Å². The Hall–Kier alpha value is -2.57. The molecular weight excluding hydrogens is 266 g/mol. The molecule has 1 heterocycles. The van der Waals surface area contributed by atoms with Gasteiger partial charge in [0, 0.05) is 13.0 Å². The van der Waals surface area contributed by atoms with Crippen LogP contribution in [0.4, 0.5) is 0 Å². The van der Waals surface area contributed by atoms with E-state index >= 15 is 0 Å². The molecule has 1 aromatic rings. The molecule has 1 amide bonds. The summed E-state index contributed by atoms with van der Waals surface area (Å²) in [5.74, 6) is -0.959. The fourth-order valence-electron chi connectivity index (χ4n) is 1.76. The molecule has 0 bridgehead atoms. The van der Waals surface area contributed by atoms with Crippen molar-refractivity contribution in [1.82, 2.24) is 5.32 Å². The molecule has 0 aliphatic carbocycles. The van der Waals surface area contributed by atoms with Crippen molar-refractivity contribution in [1.29, 1.82) is 0 Å². The first-order valence-electron chi connectivity index (χ1n) is 5.90. The van der Waals surface area contributed by atoms with Crippen molar-refractivity contribution in [2.45, 2.75) is 13.0 Å². The second-order valence-electron chi connectivity index (χ2n) is 4.27. The topological polar surface area (TPSA) is 102 Å². The molecule has 0 radical (unpaired) electrons. The van der Waals surface area contributed by atoms with Gasteiger partial charge in [-0.1, -0.05) is 0 Å². The number of carboxylic acids is 1. The van der Waals surface area contributed by atoms with E-state index in [9.17, 15) is 14.4 Å². The van der Waals surface area contributed by atoms with Gasteiger partial charge in [-0.15, -0.1) is 0 Å². The lowest BCUT2D eigenvalue weighted by Gasteiger charge is -2.14. The first kappa shape index (κ1) is 13.9. The van der Waals surface area contributed by atoms with Crippen LogP contribution in [-0.4, -0.2) is 42.0 Å². The summed E-state index contributed by atoms with van der Waals surface area (Å²) in [5, 5.41) is 11.2. The quantitative estimate of drug-likeness (QED) is 0.800. The van der Waals surface area contributed by atoms with Crippen molar-refractivity contribution < 1.29 is 29.0 Å². The average molecular weight is 279 g/mol. The van der Waals surface area contributed by atoms with E-state index in [-0.39, 0.29) is 19.0 Å². The molecule has 1 unspecified atom stereocenters. The molecule has 2 rings (SSSR count). The zero-order valence-corrected chi connectivity index (χ0v) is 10.7. The van der Waals surface area contributed by atoms with Crippen LogP contribution in [0.25, 0.3) is 0 Å². The summed E-state index contributed by atoms with van der Waals surface area (Å²) in [5.41, 5.74) is 0.481. The molecule has 0 spiro atoms. The highest BCUT2D eigenvalue weighted by Crippen LogP contribution is 2.29. The van der Waals surface area contributed by atoms with Crippen molar-refractivity contribution in [3.63, 3.8) is 0 Å². The summed E-state index contributed by atoms with van der Waals surface area (Å²) in [7, 11) is 0. The monoisotopic (exact) mass is 279 g/mol. The van der Waals surface area contributed by atoms with E-state index in [1.165, 1.54) is 13.0 Å². The molecule has 7 heteroatoms. The minimum Gasteiger partial charge on any atom is -0.491 e. The molecule has 0 saturated carbocycles. The van der Waals surface area contributed by atoms with E-state index in [4.69, 9.17) is 14.6 Å². The lowest BCUT2D eigenvalue weighted by atomic mass is 10.1. The maximum absolute atomic E-state index is 11.4. The Morgan fingerprint density at radius 1 is 1.50 bits per heavy atom. The minimum atomic E-state index is -1.19. The second kappa shape index (κ2) is 5.60. The molecule has 0 fully saturated rings. The van der Waals surface area contributed by atoms with Crippen LogP contribution in [0.15, 0.2) is 18.2 Å². The lowest BCUT2D eigenvalue weighted by Crippen LogP contribution is -2.43. The number of amides is 1. The first-order valence-corrected chi connectivity index (χ1v) is 5.90. The highest BCUT2D eigenvalue weighted by molar-refractivity contribution is 6.02. The third-order valence-corrected chi connectivity index (χ3v) is 2.70. The number of Topliss-reactive ketones (excluding diaryl/α,β-unsaturated/α-hetero) is 1. The predicted molar refractivity (Wildman–Crippen MR) is 67.0 cm³/mol. The molecule has 2 N–H and O–H groups in total. The number of fused-ring (bicyclic) bond motifs is 1. The van der Waals surface area contributed by atoms with Crippen LogP contribution >= 0.6 is 0 Å². The van der Waals surface area contributed by atoms with Crippen LogP contribution in [0.1, 0.15) is 17.3 Å². The van der Waals surface area contributed by atoms with Crippen molar-refractivity contribution in [3.8, 4) is 11.5 Å². The molecule has 1 aromatic carbocycles. The third-order valence-electron chi connectivity index (χ3n) is 2.70. The second-order valence-corrected chi connectivity index (χ2v) is 4.27. The highest BCUT2D eigenvalue weighted by Gasteiger charge is 2.23. The molecule has 106 valence electrons. The number of carbonyl (C=O) groups excluding carboxylic acids is 2. The van der Waals surface area contributed by atoms with Crippen LogP contribution in [0.2, 0.25) is 0 Å². The number of hydrogen-bond acceptors (Lipinski definition) is 5. The van der Waals surface area contributed by atoms with Crippen LogP contribution < -0.4 is 14.8 Å². The number of ether oxygens (including phenoxy) is 2. The van der Waals surface area contributed by atoms with Crippen molar-refractivity contribution in [3.05, 3.63) is 23.8 Å². The third kappa shape index (κ3) is 3.05. The highest BCUT2D eigenvalue weighted by atomic mass is 16.5. The molecule has 1 aliphatic rings. The first-order chi connectivity index (χ1) is 9.47. The Kier molecular flexibility index (Phi) is 3.88. The van der Waals surface area contributed by atoms with Crippen molar-refractivity contribution in [2.75, 3.05) is 13.2 Å². The number of benzene rings is 1. The van der Waals surface area contributed by atoms with Crippen LogP contribution in [0, 0.1) is 0 Å². The summed E-state index contributed by atoms with van der Waals surface area (Å²) in [4.78, 5) is 33.2. The Bertz CT molecular complexity index is 568. The largest absolute Gasteiger partial charge is 0.491 e. The molecule has 0 saturated heterocycles. The van der Waals surface area contributed by atoms with Gasteiger partial charge in [0.2, 0.25) is 11.7 Å². The van der Waals surface area contributed by atoms with Gasteiger partial charge in [0.15, 0.2) is 12.6 Å². The van der Waals surface area contributed by atoms with E-state index < -0.39 is 17.9 Å². The van der Waals surface area contributed by atoms with E-state index in [1.54, 1.807) is 12.1 Å². The van der Waals surface area contributed by atoms with Crippen LogP contribution in [0.3, 0.4) is 0 Å². The number of nitrogens with one attached hydrogen (secondary N) is 1. The summed E-state index contributed by atoms with van der Waals surface area (Å²) in [6, 6.07) is 3.50. The summed E-state index contributed by atoms with van der Waals surface area (Å²) >= 11 is 0. The smallest absolute Gasteiger partial charge is 0.329 e. The van der Waals surface area contributed by atoms with E-state index in [2.05, 4.69) is 5.32 Å². The van der Waals surface area contributed by atoms with E-state index in [0.29, 0.717) is 17.1 Å². The van der Waals surface area contributed by atoms with Crippen LogP contribution in [-0.2, 0) is 9.59 Å². The molecular formula is C13H13NO6. The number of rotatable bonds is 5. The number of carboxylic acid groups (broad SMARTS) is 1. The molecule has 20 heavy (non-hydrogen) atoms. The Morgan fingerprint density at radius 3 is 2.90 bits per heavy atom. The fourth-order valence-corrected chi connectivity index (χ4v) is 1.76. The molecule has 1 atom stereocenters. The summed E-state index contributed by atoms with van der Waals surface area (Å²) < 4.78 is 10.5. The maximum Gasteiger partial charge on any atom is 0.329 e. The summed E-state index contributed by atoms with van der Waals surface area (Å²) in [6.45, 7) is 1.01. The Labute approximate surface area is 114 Å². The zero-order chi connectivity index (χ0) is 14.7. The fraction of sp³-hybridized carbons (Fsp3) is 0.308. The number of carbonyl (C=O) groups is 3. The van der Waals surface area contributed by atoms with Gasteiger partial charge in [-0.05, 0) is 12.1 Å². The number of aliphatic carboxylic acids is 1. The van der Waals surface area contributed by atoms with Crippen molar-refractivity contribution >= 4 is 17.7 Å². The van der Waals surface area contributed by atoms with Gasteiger partial charge in [-0.3, -0.25) is 9.59 Å². The van der Waals surface area contributed by atoms with Gasteiger partial charge < -0.3 is 19.9 Å². The van der Waals surface area contributed by atoms with Gasteiger partial charge >= 0.3 is 5.97 Å². The standard InChI is InChI=1S/C13H13NO6/c1-7(15)14-10(13(17)18)5-19-8-2-3-9-11(16)6-20-12(9)4-8/h2-4,10H,5-6H2,1H3,(H,14,15)(H,17,18). The predicted octanol–water partition coefficient (Wildman–Crippen LogP) is 0.230. The maximum atomic E-state index is 11.4. The lowest BCUT2D eigenvalue weighted by molar-refractivity contribution is -0.142. The van der Waals surface area contributed by atoms with Gasteiger partial charge in [0.1, 0.15) is 18.1 Å². The molecule has 0 aromatic heterocycles. The molecule has 1 aliphatic heterocycles. The van der Waals surface area contributed by atoms with Crippen molar-refractivity contribution in [2.24, 2.45) is 0 Å². The normalized spacial score (nSPS) is 14.2. The van der Waals surface area contributed by atoms with Gasteiger partial charge in [0.05, 0.1) is 5.56 Å². The number of ketones is 1. The van der Waals surface area contributed by atoms with Gasteiger partial charge in [0.25, 0.3) is 0 Å². The molecule has 7 nitrogen and oxygen atoms in total.